The summed E-state index contributed by atoms with van der Waals surface area (Å²) in [5.41, 5.74) is -1.72. The lowest BCUT2D eigenvalue weighted by Gasteiger charge is -2.21. The number of benzene rings is 3. The van der Waals surface area contributed by atoms with Gasteiger partial charge in [-0.3, -0.25) is 9.59 Å². The molecule has 37 heavy (non-hydrogen) atoms. The Hall–Kier alpha value is -4.90. The van der Waals surface area contributed by atoms with Crippen LogP contribution in [-0.4, -0.2) is 69.3 Å². The van der Waals surface area contributed by atoms with Gasteiger partial charge in [-0.2, -0.15) is 0 Å². The number of amides is 1. The molecule has 4 rings (SSSR count). The van der Waals surface area contributed by atoms with Crippen LogP contribution in [0.5, 0.6) is 17.2 Å². The van der Waals surface area contributed by atoms with Crippen molar-refractivity contribution in [3.8, 4) is 17.2 Å². The van der Waals surface area contributed by atoms with Crippen LogP contribution in [0.1, 0.15) is 47.0 Å². The van der Waals surface area contributed by atoms with Crippen molar-refractivity contribution in [2.45, 2.75) is 12.1 Å². The maximum Gasteiger partial charge on any atom is 0.338 e. The van der Waals surface area contributed by atoms with Gasteiger partial charge in [0, 0.05) is 18.7 Å². The molecule has 3 aromatic rings. The van der Waals surface area contributed by atoms with Gasteiger partial charge in [0.2, 0.25) is 5.78 Å². The Morgan fingerprint density at radius 1 is 0.811 bits per heavy atom. The second-order valence-electron chi connectivity index (χ2n) is 8.27. The quantitative estimate of drug-likeness (QED) is 0.204. The van der Waals surface area contributed by atoms with Crippen molar-refractivity contribution < 1.29 is 44.3 Å². The van der Waals surface area contributed by atoms with Crippen molar-refractivity contribution in [2.24, 2.45) is 0 Å². The molecule has 1 aliphatic heterocycles. The summed E-state index contributed by atoms with van der Waals surface area (Å²) in [6, 6.07) is 13.1. The van der Waals surface area contributed by atoms with Crippen LogP contribution in [0.4, 0.5) is 0 Å². The van der Waals surface area contributed by atoms with Crippen molar-refractivity contribution in [3.63, 3.8) is 0 Å². The molecule has 0 aromatic heterocycles. The van der Waals surface area contributed by atoms with E-state index >= 15 is 0 Å². The van der Waals surface area contributed by atoms with Gasteiger partial charge in [0.1, 0.15) is 28.9 Å². The van der Waals surface area contributed by atoms with E-state index in [1.165, 1.54) is 6.07 Å². The van der Waals surface area contributed by atoms with Gasteiger partial charge in [-0.15, -0.1) is 0 Å². The average molecular weight is 506 g/mol. The van der Waals surface area contributed by atoms with E-state index in [0.717, 1.165) is 24.3 Å². The standard InChI is InChI=1S/C26H22N2O9/c29-17-8-4-7-15(25(34)35)21(17)23(32)22-18(30)9-14(10-19(22)31)26(36)37-20-12-27-11-16(20)28-24(33)13-5-2-1-3-6-13/h1-10,16,20,27,29-31H,11-12H2,(H,28,33)(H,34,35)/t16-,20-/m1/s1. The molecule has 11 heteroatoms. The lowest BCUT2D eigenvalue weighted by atomic mass is 9.95. The lowest BCUT2D eigenvalue weighted by molar-refractivity contribution is 0.0282. The van der Waals surface area contributed by atoms with Gasteiger partial charge in [0.05, 0.1) is 22.7 Å². The first-order valence-electron chi connectivity index (χ1n) is 11.1. The van der Waals surface area contributed by atoms with E-state index in [0.29, 0.717) is 12.1 Å². The molecular formula is C26H22N2O9. The Morgan fingerprint density at radius 3 is 2.14 bits per heavy atom. The molecule has 0 unspecified atom stereocenters. The van der Waals surface area contributed by atoms with Crippen LogP contribution in [0.25, 0.3) is 0 Å². The molecule has 0 spiro atoms. The molecule has 3 aromatic carbocycles. The van der Waals surface area contributed by atoms with E-state index in [9.17, 15) is 39.6 Å². The molecule has 0 bridgehead atoms. The first kappa shape index (κ1) is 25.2. The number of carbonyl (C=O) groups is 4. The van der Waals surface area contributed by atoms with Gasteiger partial charge >= 0.3 is 11.9 Å². The summed E-state index contributed by atoms with van der Waals surface area (Å²) in [7, 11) is 0. The maximum absolute atomic E-state index is 12.9. The van der Waals surface area contributed by atoms with E-state index < -0.39 is 63.8 Å². The van der Waals surface area contributed by atoms with Crippen LogP contribution in [0, 0.1) is 0 Å². The normalized spacial score (nSPS) is 16.6. The highest BCUT2D eigenvalue weighted by Crippen LogP contribution is 2.34. The summed E-state index contributed by atoms with van der Waals surface area (Å²) in [6.07, 6.45) is -0.759. The highest BCUT2D eigenvalue weighted by molar-refractivity contribution is 6.18. The van der Waals surface area contributed by atoms with E-state index in [4.69, 9.17) is 4.74 Å². The number of rotatable bonds is 7. The van der Waals surface area contributed by atoms with Crippen LogP contribution < -0.4 is 10.6 Å². The van der Waals surface area contributed by atoms with Crippen LogP contribution in [0.15, 0.2) is 60.7 Å². The van der Waals surface area contributed by atoms with E-state index in [2.05, 4.69) is 10.6 Å². The molecule has 1 aliphatic rings. The SMILES string of the molecule is O=C(N[C@@H]1CNC[C@H]1OC(=O)c1cc(O)c(C(=O)c2c(O)cccc2C(=O)O)c(O)c1)c1ccccc1. The fourth-order valence-electron chi connectivity index (χ4n) is 4.01. The summed E-state index contributed by atoms with van der Waals surface area (Å²) in [6.45, 7) is 0.582. The van der Waals surface area contributed by atoms with E-state index in [1.54, 1.807) is 30.3 Å². The first-order valence-corrected chi connectivity index (χ1v) is 11.1. The number of aromatic hydroxyl groups is 3. The Bertz CT molecular complexity index is 1370. The van der Waals surface area contributed by atoms with Gasteiger partial charge in [-0.1, -0.05) is 24.3 Å². The van der Waals surface area contributed by atoms with Gasteiger partial charge in [-0.05, 0) is 36.4 Å². The van der Waals surface area contributed by atoms with Crippen LogP contribution >= 0.6 is 0 Å². The predicted octanol–water partition coefficient (Wildman–Crippen LogP) is 1.66. The van der Waals surface area contributed by atoms with Gasteiger partial charge in [0.15, 0.2) is 0 Å². The smallest absolute Gasteiger partial charge is 0.338 e. The maximum atomic E-state index is 12.9. The highest BCUT2D eigenvalue weighted by atomic mass is 16.5. The minimum absolute atomic E-state index is 0.241. The summed E-state index contributed by atoms with van der Waals surface area (Å²) in [5, 5.41) is 46.1. The summed E-state index contributed by atoms with van der Waals surface area (Å²) in [4.78, 5) is 49.7. The third-order valence-electron chi connectivity index (χ3n) is 5.83. The third kappa shape index (κ3) is 5.21. The number of esters is 1. The Kier molecular flexibility index (Phi) is 7.07. The fraction of sp³-hybridized carbons (Fsp3) is 0.154. The fourth-order valence-corrected chi connectivity index (χ4v) is 4.01. The average Bonchev–Trinajstić information content (AvgIpc) is 3.29. The minimum Gasteiger partial charge on any atom is -0.507 e. The van der Waals surface area contributed by atoms with Gasteiger partial charge < -0.3 is 35.8 Å². The first-order chi connectivity index (χ1) is 17.7. The monoisotopic (exact) mass is 506 g/mol. The molecule has 1 heterocycles. The number of nitrogens with one attached hydrogen (secondary N) is 2. The predicted molar refractivity (Wildman–Crippen MR) is 128 cm³/mol. The number of carboxylic acid groups (broad SMARTS) is 1. The molecular weight excluding hydrogens is 484 g/mol. The molecule has 190 valence electrons. The largest absolute Gasteiger partial charge is 0.507 e. The van der Waals surface area contributed by atoms with Gasteiger partial charge in [0.25, 0.3) is 5.91 Å². The van der Waals surface area contributed by atoms with Crippen LogP contribution in [0.3, 0.4) is 0 Å². The highest BCUT2D eigenvalue weighted by Gasteiger charge is 2.33. The number of phenolic OH excluding ortho intramolecular Hbond substituents is 3. The number of aromatic carboxylic acids is 1. The molecule has 1 amide bonds. The third-order valence-corrected chi connectivity index (χ3v) is 5.83. The van der Waals surface area contributed by atoms with E-state index in [-0.39, 0.29) is 18.0 Å². The Morgan fingerprint density at radius 2 is 1.49 bits per heavy atom. The topological polar surface area (TPSA) is 182 Å². The molecule has 11 nitrogen and oxygen atoms in total. The number of hydrogen-bond donors (Lipinski definition) is 6. The number of carbonyl (C=O) groups excluding carboxylic acids is 3. The number of carboxylic acids is 1. The van der Waals surface area contributed by atoms with Crippen LogP contribution in [0.2, 0.25) is 0 Å². The number of phenols is 3. The molecule has 1 fully saturated rings. The Labute approximate surface area is 209 Å². The van der Waals surface area contributed by atoms with Gasteiger partial charge in [-0.25, -0.2) is 9.59 Å². The molecule has 0 radical (unpaired) electrons. The van der Waals surface area contributed by atoms with Crippen molar-refractivity contribution in [1.82, 2.24) is 10.6 Å². The zero-order valence-corrected chi connectivity index (χ0v) is 19.2. The zero-order valence-electron chi connectivity index (χ0n) is 19.2. The van der Waals surface area contributed by atoms with E-state index in [1.807, 2.05) is 0 Å². The minimum atomic E-state index is -1.50. The number of hydrogen-bond acceptors (Lipinski definition) is 9. The Balaban J connectivity index is 1.53. The van der Waals surface area contributed by atoms with Crippen molar-refractivity contribution >= 4 is 23.6 Å². The molecule has 2 atom stereocenters. The zero-order chi connectivity index (χ0) is 26.7. The van der Waals surface area contributed by atoms with Crippen molar-refractivity contribution in [2.75, 3.05) is 13.1 Å². The second kappa shape index (κ2) is 10.4. The molecule has 0 aliphatic carbocycles. The summed E-state index contributed by atoms with van der Waals surface area (Å²) in [5.74, 6) is -6.26. The van der Waals surface area contributed by atoms with Crippen LogP contribution in [-0.2, 0) is 4.74 Å². The molecule has 6 N–H and O–H groups in total. The summed E-state index contributed by atoms with van der Waals surface area (Å²) < 4.78 is 5.47. The van der Waals surface area contributed by atoms with Crippen molar-refractivity contribution in [3.05, 3.63) is 88.5 Å². The number of ketones is 1. The second-order valence-corrected chi connectivity index (χ2v) is 8.27. The molecule has 1 saturated heterocycles. The van der Waals surface area contributed by atoms with Crippen molar-refractivity contribution in [1.29, 1.82) is 0 Å². The lowest BCUT2D eigenvalue weighted by Crippen LogP contribution is -2.44. The summed E-state index contributed by atoms with van der Waals surface area (Å²) >= 11 is 0. The molecule has 0 saturated carbocycles. The number of ether oxygens (including phenoxy) is 1.